The summed E-state index contributed by atoms with van der Waals surface area (Å²) in [6, 6.07) is 15.0. The lowest BCUT2D eigenvalue weighted by Gasteiger charge is -2.17. The van der Waals surface area contributed by atoms with Gasteiger partial charge in [-0.2, -0.15) is 0 Å². The van der Waals surface area contributed by atoms with Gasteiger partial charge in [0.25, 0.3) is 0 Å². The van der Waals surface area contributed by atoms with Crippen LogP contribution in [0.2, 0.25) is 0 Å². The van der Waals surface area contributed by atoms with E-state index in [2.05, 4.69) is 43.4 Å². The number of fused-ring (bicyclic) bond motifs is 1. The first-order valence-electron chi connectivity index (χ1n) is 8.30. The fraction of sp³-hybridized carbons (Fsp3) is 0.400. The van der Waals surface area contributed by atoms with Gasteiger partial charge in [-0.1, -0.05) is 30.3 Å². The summed E-state index contributed by atoms with van der Waals surface area (Å²) in [6.07, 6.45) is 1.59. The molecule has 1 aliphatic rings. The third-order valence-corrected chi connectivity index (χ3v) is 4.61. The second-order valence-corrected chi connectivity index (χ2v) is 6.49. The molecule has 0 amide bonds. The van der Waals surface area contributed by atoms with Crippen LogP contribution in [0.25, 0.3) is 0 Å². The zero-order chi connectivity index (χ0) is 16.2. The molecule has 0 radical (unpaired) electrons. The highest BCUT2D eigenvalue weighted by Gasteiger charge is 2.21. The summed E-state index contributed by atoms with van der Waals surface area (Å²) in [6.45, 7) is 5.02. The number of aliphatic hydroxyl groups is 1. The predicted molar refractivity (Wildman–Crippen MR) is 93.1 cm³/mol. The number of aliphatic hydroxyl groups excluding tert-OH is 1. The molecular formula is C20H25NO2. The zero-order valence-electron chi connectivity index (χ0n) is 13.9. The minimum atomic E-state index is -0.500. The van der Waals surface area contributed by atoms with E-state index in [9.17, 15) is 5.11 Å². The summed E-state index contributed by atoms with van der Waals surface area (Å²) in [4.78, 5) is 0. The minimum absolute atomic E-state index is 0.315. The van der Waals surface area contributed by atoms with Crippen LogP contribution < -0.4 is 10.1 Å². The second-order valence-electron chi connectivity index (χ2n) is 6.49. The molecule has 3 nitrogen and oxygen atoms in total. The molecule has 2 aromatic carbocycles. The van der Waals surface area contributed by atoms with Gasteiger partial charge in [0.15, 0.2) is 0 Å². The minimum Gasteiger partial charge on any atom is -0.491 e. The van der Waals surface area contributed by atoms with Crippen molar-refractivity contribution in [2.75, 3.05) is 13.2 Å². The highest BCUT2D eigenvalue weighted by molar-refractivity contribution is 5.34. The van der Waals surface area contributed by atoms with Gasteiger partial charge in [0, 0.05) is 12.6 Å². The van der Waals surface area contributed by atoms with E-state index in [1.807, 2.05) is 18.2 Å². The van der Waals surface area contributed by atoms with Crippen LogP contribution in [0, 0.1) is 13.8 Å². The van der Waals surface area contributed by atoms with Gasteiger partial charge >= 0.3 is 0 Å². The van der Waals surface area contributed by atoms with Crippen LogP contribution in [0.5, 0.6) is 5.75 Å². The maximum absolute atomic E-state index is 10.1. The molecule has 0 aromatic heterocycles. The van der Waals surface area contributed by atoms with Crippen LogP contribution in [0.3, 0.4) is 0 Å². The average molecular weight is 311 g/mol. The lowest BCUT2D eigenvalue weighted by molar-refractivity contribution is 0.104. The number of hydrogen-bond donors (Lipinski definition) is 2. The van der Waals surface area contributed by atoms with Gasteiger partial charge in [-0.3, -0.25) is 0 Å². The number of hydrogen-bond acceptors (Lipinski definition) is 3. The number of nitrogens with one attached hydrogen (secondary N) is 1. The van der Waals surface area contributed by atoms with E-state index in [0.717, 1.165) is 18.6 Å². The van der Waals surface area contributed by atoms with Crippen molar-refractivity contribution in [1.82, 2.24) is 5.32 Å². The molecule has 0 fully saturated rings. The van der Waals surface area contributed by atoms with Crippen molar-refractivity contribution in [2.45, 2.75) is 38.8 Å². The quantitative estimate of drug-likeness (QED) is 0.862. The molecule has 0 spiro atoms. The highest BCUT2D eigenvalue weighted by Crippen LogP contribution is 2.21. The Balaban J connectivity index is 1.42. The predicted octanol–water partition coefficient (Wildman–Crippen LogP) is 2.80. The Morgan fingerprint density at radius 1 is 1.09 bits per heavy atom. The summed E-state index contributed by atoms with van der Waals surface area (Å²) < 4.78 is 5.69. The molecule has 0 saturated carbocycles. The Morgan fingerprint density at radius 3 is 2.43 bits per heavy atom. The van der Waals surface area contributed by atoms with Crippen molar-refractivity contribution < 1.29 is 9.84 Å². The molecule has 2 aromatic rings. The number of aryl methyl sites for hydroxylation is 2. The smallest absolute Gasteiger partial charge is 0.119 e. The molecule has 122 valence electrons. The summed E-state index contributed by atoms with van der Waals surface area (Å²) >= 11 is 0. The van der Waals surface area contributed by atoms with Gasteiger partial charge < -0.3 is 15.2 Å². The van der Waals surface area contributed by atoms with Crippen molar-refractivity contribution in [3.05, 3.63) is 64.7 Å². The van der Waals surface area contributed by atoms with Gasteiger partial charge in [0.05, 0.1) is 0 Å². The first kappa shape index (κ1) is 16.0. The molecule has 1 aliphatic carbocycles. The molecule has 0 saturated heterocycles. The standard InChI is InChI=1S/C20H25NO2/c1-14-7-8-20(9-15(14)2)23-13-19(22)12-21-18-10-16-5-3-4-6-17(16)11-18/h3-9,18-19,21-22H,10-13H2,1-2H3. The van der Waals surface area contributed by atoms with E-state index in [1.165, 1.54) is 22.3 Å². The summed E-state index contributed by atoms with van der Waals surface area (Å²) in [7, 11) is 0. The van der Waals surface area contributed by atoms with E-state index in [0.29, 0.717) is 19.2 Å². The van der Waals surface area contributed by atoms with Crippen LogP contribution in [-0.4, -0.2) is 30.4 Å². The van der Waals surface area contributed by atoms with E-state index < -0.39 is 6.10 Å². The molecule has 3 rings (SSSR count). The van der Waals surface area contributed by atoms with Gasteiger partial charge in [-0.15, -0.1) is 0 Å². The average Bonchev–Trinajstić information content (AvgIpc) is 2.97. The number of benzene rings is 2. The van der Waals surface area contributed by atoms with Crippen LogP contribution >= 0.6 is 0 Å². The SMILES string of the molecule is Cc1ccc(OCC(O)CNC2Cc3ccccc3C2)cc1C. The topological polar surface area (TPSA) is 41.5 Å². The summed E-state index contributed by atoms with van der Waals surface area (Å²) in [5.41, 5.74) is 5.30. The van der Waals surface area contributed by atoms with Crippen molar-refractivity contribution >= 4 is 0 Å². The van der Waals surface area contributed by atoms with Crippen LogP contribution in [0.1, 0.15) is 22.3 Å². The zero-order valence-corrected chi connectivity index (χ0v) is 13.9. The Bertz CT molecular complexity index is 643. The fourth-order valence-corrected chi connectivity index (χ4v) is 3.06. The van der Waals surface area contributed by atoms with E-state index in [-0.39, 0.29) is 0 Å². The number of rotatable bonds is 6. The number of ether oxygens (including phenoxy) is 1. The van der Waals surface area contributed by atoms with Crippen molar-refractivity contribution in [2.24, 2.45) is 0 Å². The third kappa shape index (κ3) is 4.12. The van der Waals surface area contributed by atoms with Crippen LogP contribution in [-0.2, 0) is 12.8 Å². The second kappa shape index (κ2) is 7.16. The highest BCUT2D eigenvalue weighted by atomic mass is 16.5. The lowest BCUT2D eigenvalue weighted by atomic mass is 10.1. The van der Waals surface area contributed by atoms with Crippen LogP contribution in [0.4, 0.5) is 0 Å². The Morgan fingerprint density at radius 2 is 1.78 bits per heavy atom. The maximum atomic E-state index is 10.1. The third-order valence-electron chi connectivity index (χ3n) is 4.61. The molecular weight excluding hydrogens is 286 g/mol. The first-order chi connectivity index (χ1) is 11.1. The van der Waals surface area contributed by atoms with E-state index in [1.54, 1.807) is 0 Å². The molecule has 1 unspecified atom stereocenters. The first-order valence-corrected chi connectivity index (χ1v) is 8.30. The molecule has 3 heteroatoms. The molecule has 0 bridgehead atoms. The molecule has 0 aliphatic heterocycles. The normalized spacial score (nSPS) is 15.4. The fourth-order valence-electron chi connectivity index (χ4n) is 3.06. The van der Waals surface area contributed by atoms with E-state index >= 15 is 0 Å². The van der Waals surface area contributed by atoms with Crippen molar-refractivity contribution in [3.8, 4) is 5.75 Å². The summed E-state index contributed by atoms with van der Waals surface area (Å²) in [5.74, 6) is 0.820. The van der Waals surface area contributed by atoms with Crippen LogP contribution in [0.15, 0.2) is 42.5 Å². The lowest BCUT2D eigenvalue weighted by Crippen LogP contribution is -2.38. The maximum Gasteiger partial charge on any atom is 0.119 e. The molecule has 0 heterocycles. The van der Waals surface area contributed by atoms with Crippen molar-refractivity contribution in [1.29, 1.82) is 0 Å². The van der Waals surface area contributed by atoms with Crippen molar-refractivity contribution in [3.63, 3.8) is 0 Å². The Labute approximate surface area is 138 Å². The Kier molecular flexibility index (Phi) is 4.99. The van der Waals surface area contributed by atoms with Gasteiger partial charge in [-0.25, -0.2) is 0 Å². The molecule has 23 heavy (non-hydrogen) atoms. The molecule has 1 atom stereocenters. The molecule has 2 N–H and O–H groups in total. The monoisotopic (exact) mass is 311 g/mol. The largest absolute Gasteiger partial charge is 0.491 e. The van der Waals surface area contributed by atoms with Gasteiger partial charge in [0.2, 0.25) is 0 Å². The van der Waals surface area contributed by atoms with E-state index in [4.69, 9.17) is 4.74 Å². The van der Waals surface area contributed by atoms with Gasteiger partial charge in [-0.05, 0) is 61.1 Å². The Hall–Kier alpha value is -1.84. The summed E-state index contributed by atoms with van der Waals surface area (Å²) in [5, 5.41) is 13.6. The van der Waals surface area contributed by atoms with Gasteiger partial charge in [0.1, 0.15) is 18.5 Å².